The molecule has 0 fully saturated rings. The Balaban J connectivity index is 1.41. The summed E-state index contributed by atoms with van der Waals surface area (Å²) < 4.78 is 92.0. The average Bonchev–Trinajstić information content (AvgIpc) is 3.35. The molecule has 0 radical (unpaired) electrons. The number of hydrogen-bond acceptors (Lipinski definition) is 4. The maximum absolute atomic E-state index is 13.2. The molecule has 0 bridgehead atoms. The van der Waals surface area contributed by atoms with Crippen molar-refractivity contribution in [2.75, 3.05) is 22.9 Å². The van der Waals surface area contributed by atoms with Crippen LogP contribution in [0.2, 0.25) is 0 Å². The average molecular weight is 639 g/mol. The molecule has 3 amide bonds. The van der Waals surface area contributed by atoms with E-state index >= 15 is 0 Å². The van der Waals surface area contributed by atoms with E-state index in [1.165, 1.54) is 18.2 Å². The first kappa shape index (κ1) is 32.8. The number of nitrogens with zero attached hydrogens (tertiary/aromatic N) is 1. The standard InChI is InChI=1S/C30H25F7N4O4/c31-20-4-6-24(23(38)15-20)40-26(42)8-2-16-1-5-22-17(11-16)3-7-25(22)41(28(44)45)10-9-27(43)39-21-13-18(29(32,33)34)12-19(14-21)30(35,36)37/h1-2,4-6,8,11-15,25H,3,7,9-10,38H2,(H,39,43)(H,40,42)(H,44,45)/b8-2+. The van der Waals surface area contributed by atoms with E-state index in [1.807, 2.05) is 5.32 Å². The first-order chi connectivity index (χ1) is 21.0. The molecule has 8 nitrogen and oxygen atoms in total. The summed E-state index contributed by atoms with van der Waals surface area (Å²) in [6, 6.07) is 8.58. The van der Waals surface area contributed by atoms with Crippen molar-refractivity contribution in [3.05, 3.63) is 94.3 Å². The van der Waals surface area contributed by atoms with Gasteiger partial charge < -0.3 is 26.4 Å². The number of carboxylic acid groups (broad SMARTS) is 1. The maximum atomic E-state index is 13.2. The minimum Gasteiger partial charge on any atom is -0.465 e. The van der Waals surface area contributed by atoms with E-state index in [4.69, 9.17) is 5.73 Å². The van der Waals surface area contributed by atoms with Crippen LogP contribution in [-0.4, -0.2) is 34.5 Å². The zero-order chi connectivity index (χ0) is 33.1. The zero-order valence-electron chi connectivity index (χ0n) is 23.1. The van der Waals surface area contributed by atoms with Gasteiger partial charge in [-0.15, -0.1) is 0 Å². The second kappa shape index (κ2) is 12.9. The number of nitrogens with one attached hydrogen (secondary N) is 2. The van der Waals surface area contributed by atoms with Gasteiger partial charge in [-0.3, -0.25) is 9.59 Å². The molecule has 15 heteroatoms. The molecule has 238 valence electrons. The minimum atomic E-state index is -5.10. The number of fused-ring (bicyclic) bond motifs is 1. The molecule has 3 aromatic rings. The third-order valence-corrected chi connectivity index (χ3v) is 6.98. The summed E-state index contributed by atoms with van der Waals surface area (Å²) in [5, 5.41) is 14.4. The molecule has 0 aliphatic heterocycles. The fraction of sp³-hybridized carbons (Fsp3) is 0.233. The summed E-state index contributed by atoms with van der Waals surface area (Å²) >= 11 is 0. The molecule has 0 saturated carbocycles. The first-order valence-electron chi connectivity index (χ1n) is 13.3. The van der Waals surface area contributed by atoms with Gasteiger partial charge in [0.1, 0.15) is 5.82 Å². The number of benzene rings is 3. The number of amides is 3. The highest BCUT2D eigenvalue weighted by Gasteiger charge is 2.37. The number of aryl methyl sites for hydroxylation is 1. The molecule has 5 N–H and O–H groups in total. The number of nitrogens with two attached hydrogens (primary N) is 1. The van der Waals surface area contributed by atoms with Crippen LogP contribution in [0, 0.1) is 5.82 Å². The molecule has 3 aromatic carbocycles. The van der Waals surface area contributed by atoms with E-state index in [-0.39, 0.29) is 24.0 Å². The van der Waals surface area contributed by atoms with Crippen molar-refractivity contribution in [2.24, 2.45) is 0 Å². The van der Waals surface area contributed by atoms with Crippen LogP contribution in [0.3, 0.4) is 0 Å². The molecule has 0 heterocycles. The Labute approximate surface area is 251 Å². The second-order valence-corrected chi connectivity index (χ2v) is 10.1. The predicted molar refractivity (Wildman–Crippen MR) is 150 cm³/mol. The van der Waals surface area contributed by atoms with Gasteiger partial charge in [-0.25, -0.2) is 9.18 Å². The fourth-order valence-corrected chi connectivity index (χ4v) is 4.89. The summed E-state index contributed by atoms with van der Waals surface area (Å²) in [6.07, 6.45) is -8.55. The number of alkyl halides is 6. The van der Waals surface area contributed by atoms with Crippen LogP contribution in [0.4, 0.5) is 52.6 Å². The molecule has 1 atom stereocenters. The van der Waals surface area contributed by atoms with Crippen LogP contribution in [-0.2, 0) is 28.4 Å². The van der Waals surface area contributed by atoms with Crippen molar-refractivity contribution in [1.29, 1.82) is 0 Å². The Bertz CT molecular complexity index is 1620. The number of halogens is 7. The molecule has 1 aliphatic rings. The van der Waals surface area contributed by atoms with E-state index in [0.717, 1.165) is 22.6 Å². The number of carbonyl (C=O) groups excluding carboxylic acids is 2. The molecule has 4 rings (SSSR count). The Morgan fingerprint density at radius 3 is 2.20 bits per heavy atom. The molecule has 1 aliphatic carbocycles. The van der Waals surface area contributed by atoms with Crippen molar-refractivity contribution in [2.45, 2.75) is 37.7 Å². The van der Waals surface area contributed by atoms with Crippen molar-refractivity contribution < 1.29 is 50.2 Å². The third kappa shape index (κ3) is 8.31. The van der Waals surface area contributed by atoms with Gasteiger partial charge in [-0.05, 0) is 72.0 Å². The molecule has 0 aromatic heterocycles. The lowest BCUT2D eigenvalue weighted by Gasteiger charge is -2.27. The highest BCUT2D eigenvalue weighted by molar-refractivity contribution is 6.03. The highest BCUT2D eigenvalue weighted by Crippen LogP contribution is 2.38. The van der Waals surface area contributed by atoms with Gasteiger partial charge in [0.15, 0.2) is 0 Å². The molecular weight excluding hydrogens is 613 g/mol. The van der Waals surface area contributed by atoms with Crippen molar-refractivity contribution >= 4 is 41.0 Å². The Morgan fingerprint density at radius 1 is 0.933 bits per heavy atom. The summed E-state index contributed by atoms with van der Waals surface area (Å²) in [5.41, 5.74) is 4.08. The zero-order valence-corrected chi connectivity index (χ0v) is 23.1. The van der Waals surface area contributed by atoms with Gasteiger partial charge in [0.2, 0.25) is 11.8 Å². The quantitative estimate of drug-likeness (QED) is 0.119. The lowest BCUT2D eigenvalue weighted by molar-refractivity contribution is -0.143. The van der Waals surface area contributed by atoms with Crippen LogP contribution in [0.25, 0.3) is 6.08 Å². The molecule has 0 saturated heterocycles. The summed E-state index contributed by atoms with van der Waals surface area (Å²) in [4.78, 5) is 37.8. The van der Waals surface area contributed by atoms with Gasteiger partial charge >= 0.3 is 18.4 Å². The van der Waals surface area contributed by atoms with E-state index in [2.05, 4.69) is 5.32 Å². The van der Waals surface area contributed by atoms with Crippen molar-refractivity contribution in [3.8, 4) is 0 Å². The van der Waals surface area contributed by atoms with Crippen LogP contribution in [0.15, 0.2) is 60.7 Å². The van der Waals surface area contributed by atoms with E-state index in [0.29, 0.717) is 36.1 Å². The second-order valence-electron chi connectivity index (χ2n) is 10.1. The largest absolute Gasteiger partial charge is 0.465 e. The SMILES string of the molecule is Nc1cc(F)ccc1NC(=O)/C=C/c1ccc2c(c1)CCC2N(CCC(=O)Nc1cc(C(F)(F)F)cc(C(F)(F)F)c1)C(=O)O. The number of carbonyl (C=O) groups is 3. The monoisotopic (exact) mass is 638 g/mol. The molecule has 45 heavy (non-hydrogen) atoms. The Hall–Kier alpha value is -5.08. The maximum Gasteiger partial charge on any atom is 0.416 e. The fourth-order valence-electron chi connectivity index (χ4n) is 4.89. The van der Waals surface area contributed by atoms with Crippen molar-refractivity contribution in [3.63, 3.8) is 0 Å². The summed E-state index contributed by atoms with van der Waals surface area (Å²) in [5.74, 6) is -2.06. The van der Waals surface area contributed by atoms with Gasteiger partial charge in [0.05, 0.1) is 28.5 Å². The summed E-state index contributed by atoms with van der Waals surface area (Å²) in [6.45, 7) is -0.384. The lowest BCUT2D eigenvalue weighted by Crippen LogP contribution is -2.35. The molecule has 0 spiro atoms. The van der Waals surface area contributed by atoms with E-state index < -0.39 is 65.4 Å². The Morgan fingerprint density at radius 2 is 1.60 bits per heavy atom. The summed E-state index contributed by atoms with van der Waals surface area (Å²) in [7, 11) is 0. The van der Waals surface area contributed by atoms with Crippen LogP contribution >= 0.6 is 0 Å². The highest BCUT2D eigenvalue weighted by atomic mass is 19.4. The topological polar surface area (TPSA) is 125 Å². The number of hydrogen-bond donors (Lipinski definition) is 4. The van der Waals surface area contributed by atoms with E-state index in [9.17, 15) is 50.2 Å². The molecule has 1 unspecified atom stereocenters. The number of rotatable bonds is 8. The normalized spacial score (nSPS) is 14.7. The molecular formula is C30H25F7N4O4. The number of nitrogen functional groups attached to an aromatic ring is 1. The smallest absolute Gasteiger partial charge is 0.416 e. The Kier molecular flexibility index (Phi) is 9.39. The van der Waals surface area contributed by atoms with Gasteiger partial charge in [-0.2, -0.15) is 26.3 Å². The third-order valence-electron chi connectivity index (χ3n) is 6.98. The van der Waals surface area contributed by atoms with Crippen molar-refractivity contribution in [1.82, 2.24) is 4.90 Å². The van der Waals surface area contributed by atoms with Crippen LogP contribution < -0.4 is 16.4 Å². The van der Waals surface area contributed by atoms with Gasteiger partial charge in [0.25, 0.3) is 0 Å². The van der Waals surface area contributed by atoms with Gasteiger partial charge in [0, 0.05) is 24.7 Å². The minimum absolute atomic E-state index is 0.0482. The van der Waals surface area contributed by atoms with Crippen LogP contribution in [0.5, 0.6) is 0 Å². The lowest BCUT2D eigenvalue weighted by atomic mass is 10.0. The van der Waals surface area contributed by atoms with Crippen LogP contribution in [0.1, 0.15) is 46.7 Å². The number of anilines is 3. The predicted octanol–water partition coefficient (Wildman–Crippen LogP) is 7.09. The van der Waals surface area contributed by atoms with Gasteiger partial charge in [-0.1, -0.05) is 18.2 Å². The first-order valence-corrected chi connectivity index (χ1v) is 13.3. The van der Waals surface area contributed by atoms with E-state index in [1.54, 1.807) is 18.2 Å².